The Kier molecular flexibility index (Phi) is 2.88. The molecule has 0 saturated carbocycles. The summed E-state index contributed by atoms with van der Waals surface area (Å²) in [6, 6.07) is 1.25. The number of hydrogen-bond acceptors (Lipinski definition) is 6. The molecule has 0 radical (unpaired) electrons. The van der Waals surface area contributed by atoms with Gasteiger partial charge in [-0.1, -0.05) is 11.3 Å². The van der Waals surface area contributed by atoms with Crippen LogP contribution in [0.25, 0.3) is 0 Å². The molecule has 0 N–H and O–H groups in total. The van der Waals surface area contributed by atoms with Crippen LogP contribution in [0.1, 0.15) is 16.6 Å². The van der Waals surface area contributed by atoms with Gasteiger partial charge in [-0.25, -0.2) is 0 Å². The van der Waals surface area contributed by atoms with E-state index in [0.717, 1.165) is 11.3 Å². The SMILES string of the molecule is CC(=O)c1cc([N+](=O)[O-])c(OC2COC2)s1. The van der Waals surface area contributed by atoms with Gasteiger partial charge in [-0.05, 0) is 6.92 Å². The molecule has 2 rings (SSSR count). The highest BCUT2D eigenvalue weighted by Gasteiger charge is 2.28. The van der Waals surface area contributed by atoms with Crippen LogP contribution in [0.2, 0.25) is 0 Å². The Hall–Kier alpha value is -1.47. The van der Waals surface area contributed by atoms with Gasteiger partial charge in [0.25, 0.3) is 5.06 Å². The van der Waals surface area contributed by atoms with E-state index in [-0.39, 0.29) is 22.6 Å². The summed E-state index contributed by atoms with van der Waals surface area (Å²) in [7, 11) is 0. The summed E-state index contributed by atoms with van der Waals surface area (Å²) in [5.74, 6) is -0.201. The zero-order chi connectivity index (χ0) is 11.7. The number of Topliss-reactive ketones (excluding diaryl/α,β-unsaturated/α-hetero) is 1. The van der Waals surface area contributed by atoms with Crippen molar-refractivity contribution in [1.82, 2.24) is 0 Å². The first-order valence-electron chi connectivity index (χ1n) is 4.61. The van der Waals surface area contributed by atoms with Crippen LogP contribution in [0.15, 0.2) is 6.07 Å². The number of thiophene rings is 1. The fraction of sp³-hybridized carbons (Fsp3) is 0.444. The van der Waals surface area contributed by atoms with Crippen LogP contribution in [-0.4, -0.2) is 30.0 Å². The number of carbonyl (C=O) groups is 1. The third kappa shape index (κ3) is 2.05. The standard InChI is InChI=1S/C9H9NO5S/c1-5(11)8-2-7(10(12)13)9(16-8)15-6-3-14-4-6/h2,6H,3-4H2,1H3. The van der Waals surface area contributed by atoms with E-state index in [1.807, 2.05) is 0 Å². The Morgan fingerprint density at radius 2 is 2.38 bits per heavy atom. The van der Waals surface area contributed by atoms with E-state index in [4.69, 9.17) is 9.47 Å². The normalized spacial score (nSPS) is 15.6. The molecule has 7 heteroatoms. The fourth-order valence-electron chi connectivity index (χ4n) is 1.18. The van der Waals surface area contributed by atoms with Gasteiger partial charge < -0.3 is 9.47 Å². The number of ketones is 1. The first kappa shape index (κ1) is 11.0. The molecule has 0 spiro atoms. The van der Waals surface area contributed by atoms with Crippen LogP contribution >= 0.6 is 11.3 Å². The van der Waals surface area contributed by atoms with Crippen molar-refractivity contribution in [2.75, 3.05) is 13.2 Å². The highest BCUT2D eigenvalue weighted by molar-refractivity contribution is 7.16. The van der Waals surface area contributed by atoms with E-state index in [2.05, 4.69) is 0 Å². The maximum Gasteiger partial charge on any atom is 0.323 e. The minimum absolute atomic E-state index is 0.142. The highest BCUT2D eigenvalue weighted by Crippen LogP contribution is 2.38. The van der Waals surface area contributed by atoms with Gasteiger partial charge in [-0.3, -0.25) is 14.9 Å². The van der Waals surface area contributed by atoms with Gasteiger partial charge >= 0.3 is 5.69 Å². The molecule has 1 aromatic heterocycles. The van der Waals surface area contributed by atoms with Crippen LogP contribution in [-0.2, 0) is 4.74 Å². The maximum atomic E-state index is 11.1. The molecule has 0 aliphatic carbocycles. The summed E-state index contributed by atoms with van der Waals surface area (Å²) < 4.78 is 10.3. The number of ether oxygens (including phenoxy) is 2. The van der Waals surface area contributed by atoms with Crippen LogP contribution in [0, 0.1) is 10.1 Å². The molecule has 0 amide bonds. The van der Waals surface area contributed by atoms with Crippen molar-refractivity contribution in [3.8, 4) is 5.06 Å². The molecule has 0 unspecified atom stereocenters. The van der Waals surface area contributed by atoms with Gasteiger partial charge in [0.15, 0.2) is 5.78 Å². The maximum absolute atomic E-state index is 11.1. The van der Waals surface area contributed by atoms with Crippen molar-refractivity contribution in [3.05, 3.63) is 21.1 Å². The monoisotopic (exact) mass is 243 g/mol. The van der Waals surface area contributed by atoms with Crippen molar-refractivity contribution in [1.29, 1.82) is 0 Å². The van der Waals surface area contributed by atoms with Gasteiger partial charge in [0.2, 0.25) is 0 Å². The number of rotatable bonds is 4. The molecule has 0 aromatic carbocycles. The van der Waals surface area contributed by atoms with Crippen LogP contribution in [0.5, 0.6) is 5.06 Å². The lowest BCUT2D eigenvalue weighted by Crippen LogP contribution is -2.38. The lowest BCUT2D eigenvalue weighted by atomic mass is 10.3. The lowest BCUT2D eigenvalue weighted by Gasteiger charge is -2.25. The lowest BCUT2D eigenvalue weighted by molar-refractivity contribution is -0.385. The molecule has 1 fully saturated rings. The van der Waals surface area contributed by atoms with E-state index < -0.39 is 4.92 Å². The van der Waals surface area contributed by atoms with E-state index in [1.54, 1.807) is 0 Å². The van der Waals surface area contributed by atoms with Gasteiger partial charge in [0, 0.05) is 6.07 Å². The van der Waals surface area contributed by atoms with Crippen molar-refractivity contribution >= 4 is 22.8 Å². The predicted octanol–water partition coefficient (Wildman–Crippen LogP) is 1.64. The van der Waals surface area contributed by atoms with E-state index in [9.17, 15) is 14.9 Å². The molecule has 1 aliphatic rings. The van der Waals surface area contributed by atoms with Crippen molar-refractivity contribution in [2.45, 2.75) is 13.0 Å². The summed E-state index contributed by atoms with van der Waals surface area (Å²) >= 11 is 1.00. The molecule has 0 atom stereocenters. The molecular weight excluding hydrogens is 234 g/mol. The number of hydrogen-bond donors (Lipinski definition) is 0. The summed E-state index contributed by atoms with van der Waals surface area (Å²) in [4.78, 5) is 21.6. The fourth-order valence-corrected chi connectivity index (χ4v) is 2.12. The zero-order valence-electron chi connectivity index (χ0n) is 8.47. The molecule has 0 bridgehead atoms. The average molecular weight is 243 g/mol. The second-order valence-corrected chi connectivity index (χ2v) is 4.39. The average Bonchev–Trinajstić information content (AvgIpc) is 2.55. The molecule has 2 heterocycles. The molecule has 16 heavy (non-hydrogen) atoms. The van der Waals surface area contributed by atoms with Crippen LogP contribution in [0.4, 0.5) is 5.69 Å². The second-order valence-electron chi connectivity index (χ2n) is 3.37. The largest absolute Gasteiger partial charge is 0.471 e. The summed E-state index contributed by atoms with van der Waals surface area (Å²) in [6.45, 7) is 2.24. The van der Waals surface area contributed by atoms with Gasteiger partial charge in [-0.2, -0.15) is 0 Å². The molecule has 1 saturated heterocycles. The van der Waals surface area contributed by atoms with Crippen LogP contribution in [0.3, 0.4) is 0 Å². The number of carbonyl (C=O) groups excluding carboxylic acids is 1. The van der Waals surface area contributed by atoms with Gasteiger partial charge in [-0.15, -0.1) is 0 Å². The smallest absolute Gasteiger partial charge is 0.323 e. The van der Waals surface area contributed by atoms with E-state index in [1.165, 1.54) is 13.0 Å². The Morgan fingerprint density at radius 1 is 1.69 bits per heavy atom. The van der Waals surface area contributed by atoms with Gasteiger partial charge in [0.1, 0.15) is 6.10 Å². The number of nitro groups is 1. The quantitative estimate of drug-likeness (QED) is 0.456. The zero-order valence-corrected chi connectivity index (χ0v) is 9.28. The molecule has 1 aliphatic heterocycles. The Balaban J connectivity index is 2.25. The highest BCUT2D eigenvalue weighted by atomic mass is 32.1. The second kappa shape index (κ2) is 4.18. The minimum atomic E-state index is -0.544. The molecule has 86 valence electrons. The Morgan fingerprint density at radius 3 is 2.81 bits per heavy atom. The summed E-state index contributed by atoms with van der Waals surface area (Å²) in [5.41, 5.74) is -0.151. The number of nitrogens with zero attached hydrogens (tertiary/aromatic N) is 1. The summed E-state index contributed by atoms with van der Waals surface area (Å²) in [6.07, 6.45) is -0.142. The van der Waals surface area contributed by atoms with Crippen molar-refractivity contribution < 1.29 is 19.2 Å². The van der Waals surface area contributed by atoms with E-state index in [0.29, 0.717) is 18.1 Å². The molecule has 1 aromatic rings. The summed E-state index contributed by atoms with van der Waals surface area (Å²) in [5, 5.41) is 10.9. The first-order chi connectivity index (χ1) is 7.58. The Labute approximate surface area is 94.9 Å². The van der Waals surface area contributed by atoms with Crippen molar-refractivity contribution in [3.63, 3.8) is 0 Å². The van der Waals surface area contributed by atoms with Crippen molar-refractivity contribution in [2.24, 2.45) is 0 Å². The van der Waals surface area contributed by atoms with Gasteiger partial charge in [0.05, 0.1) is 23.0 Å². The first-order valence-corrected chi connectivity index (χ1v) is 5.43. The minimum Gasteiger partial charge on any atom is -0.471 e. The molecular formula is C9H9NO5S. The predicted molar refractivity (Wildman–Crippen MR) is 56.2 cm³/mol. The topological polar surface area (TPSA) is 78.7 Å². The third-order valence-electron chi connectivity index (χ3n) is 2.10. The van der Waals surface area contributed by atoms with Crippen LogP contribution < -0.4 is 4.74 Å². The third-order valence-corrected chi connectivity index (χ3v) is 3.22. The Bertz CT molecular complexity index is 437. The molecule has 6 nitrogen and oxygen atoms in total. The van der Waals surface area contributed by atoms with E-state index >= 15 is 0 Å².